The van der Waals surface area contributed by atoms with Crippen molar-refractivity contribution in [1.29, 1.82) is 0 Å². The second kappa shape index (κ2) is 6.87. The first-order valence-corrected chi connectivity index (χ1v) is 7.40. The van der Waals surface area contributed by atoms with E-state index in [9.17, 15) is 4.79 Å². The summed E-state index contributed by atoms with van der Waals surface area (Å²) in [6.45, 7) is 4.31. The number of nitrogens with zero attached hydrogens (tertiary/aromatic N) is 1. The molecular formula is C13H21N3OS. The zero-order valence-electron chi connectivity index (χ0n) is 10.6. The van der Waals surface area contributed by atoms with Crippen LogP contribution in [0, 0.1) is 5.92 Å². The summed E-state index contributed by atoms with van der Waals surface area (Å²) in [6.07, 6.45) is 1.91. The van der Waals surface area contributed by atoms with E-state index in [2.05, 4.69) is 16.3 Å². The number of likely N-dealkylation sites (tertiary alicyclic amines) is 1. The highest BCUT2D eigenvalue weighted by molar-refractivity contribution is 7.09. The van der Waals surface area contributed by atoms with Crippen LogP contribution in [0.3, 0.4) is 0 Å². The lowest BCUT2D eigenvalue weighted by Gasteiger charge is -2.30. The van der Waals surface area contributed by atoms with Gasteiger partial charge in [0.15, 0.2) is 0 Å². The maximum Gasteiger partial charge on any atom is 0.223 e. The van der Waals surface area contributed by atoms with Crippen LogP contribution >= 0.6 is 11.3 Å². The van der Waals surface area contributed by atoms with Gasteiger partial charge in [0.25, 0.3) is 0 Å². The molecule has 0 saturated carbocycles. The second-order valence-corrected chi connectivity index (χ2v) is 5.73. The van der Waals surface area contributed by atoms with Crippen molar-refractivity contribution in [1.82, 2.24) is 10.2 Å². The van der Waals surface area contributed by atoms with Crippen LogP contribution in [0.2, 0.25) is 0 Å². The average Bonchev–Trinajstić information content (AvgIpc) is 2.90. The van der Waals surface area contributed by atoms with E-state index in [1.54, 1.807) is 11.3 Å². The summed E-state index contributed by atoms with van der Waals surface area (Å²) in [5.41, 5.74) is 5.54. The number of hydrogen-bond acceptors (Lipinski definition) is 4. The molecule has 0 atom stereocenters. The monoisotopic (exact) mass is 267 g/mol. The summed E-state index contributed by atoms with van der Waals surface area (Å²) in [7, 11) is 0. The maximum atomic E-state index is 12.0. The number of nitrogens with one attached hydrogen (secondary N) is 1. The molecule has 1 fully saturated rings. The van der Waals surface area contributed by atoms with Crippen LogP contribution in [0.5, 0.6) is 0 Å². The third-order valence-corrected chi connectivity index (χ3v) is 4.30. The molecule has 3 N–H and O–H groups in total. The number of nitrogens with two attached hydrogens (primary N) is 1. The third-order valence-electron chi connectivity index (χ3n) is 3.42. The minimum atomic E-state index is 0.180. The Morgan fingerprint density at radius 3 is 2.89 bits per heavy atom. The molecule has 1 amide bonds. The molecule has 4 nitrogen and oxygen atoms in total. The van der Waals surface area contributed by atoms with Crippen LogP contribution in [-0.2, 0) is 11.3 Å². The van der Waals surface area contributed by atoms with Gasteiger partial charge in [-0.2, -0.15) is 0 Å². The van der Waals surface area contributed by atoms with Gasteiger partial charge >= 0.3 is 0 Å². The molecule has 100 valence electrons. The van der Waals surface area contributed by atoms with Crippen LogP contribution in [0.1, 0.15) is 17.7 Å². The molecular weight excluding hydrogens is 246 g/mol. The number of amides is 1. The van der Waals surface area contributed by atoms with E-state index in [0.717, 1.165) is 32.5 Å². The van der Waals surface area contributed by atoms with Crippen molar-refractivity contribution in [3.8, 4) is 0 Å². The third kappa shape index (κ3) is 3.80. The standard InChI is InChI=1S/C13H21N3OS/c14-5-8-16-6-3-11(4-7-16)13(17)15-10-12-2-1-9-18-12/h1-2,9,11H,3-8,10,14H2,(H,15,17). The van der Waals surface area contributed by atoms with Gasteiger partial charge in [-0.1, -0.05) is 6.07 Å². The fraction of sp³-hybridized carbons (Fsp3) is 0.615. The highest BCUT2D eigenvalue weighted by Gasteiger charge is 2.24. The molecule has 2 heterocycles. The molecule has 1 aliphatic rings. The van der Waals surface area contributed by atoms with Gasteiger partial charge in [-0.25, -0.2) is 0 Å². The molecule has 2 rings (SSSR count). The van der Waals surface area contributed by atoms with E-state index in [0.29, 0.717) is 13.1 Å². The van der Waals surface area contributed by atoms with Crippen molar-refractivity contribution in [2.24, 2.45) is 11.7 Å². The summed E-state index contributed by atoms with van der Waals surface area (Å²) in [5, 5.41) is 5.06. The molecule has 1 saturated heterocycles. The predicted molar refractivity (Wildman–Crippen MR) is 74.4 cm³/mol. The topological polar surface area (TPSA) is 58.4 Å². The zero-order valence-corrected chi connectivity index (χ0v) is 11.4. The molecule has 0 bridgehead atoms. The van der Waals surface area contributed by atoms with Gasteiger partial charge in [0, 0.05) is 23.9 Å². The van der Waals surface area contributed by atoms with E-state index in [4.69, 9.17) is 5.73 Å². The molecule has 0 unspecified atom stereocenters. The predicted octanol–water partition coefficient (Wildman–Crippen LogP) is 1.04. The Hall–Kier alpha value is -0.910. The summed E-state index contributed by atoms with van der Waals surface area (Å²) in [4.78, 5) is 15.6. The molecule has 0 aliphatic carbocycles. The smallest absolute Gasteiger partial charge is 0.223 e. The van der Waals surface area contributed by atoms with Crippen LogP contribution in [0.4, 0.5) is 0 Å². The van der Waals surface area contributed by atoms with Crippen molar-refractivity contribution < 1.29 is 4.79 Å². The first-order chi connectivity index (χ1) is 8.79. The van der Waals surface area contributed by atoms with Crippen molar-refractivity contribution >= 4 is 17.2 Å². The Labute approximate surface area is 112 Å². The van der Waals surface area contributed by atoms with Gasteiger partial charge in [-0.05, 0) is 37.4 Å². The second-order valence-electron chi connectivity index (χ2n) is 4.70. The number of carbonyl (C=O) groups is 1. The van der Waals surface area contributed by atoms with Gasteiger partial charge in [-0.15, -0.1) is 11.3 Å². The first kappa shape index (κ1) is 13.5. The molecule has 5 heteroatoms. The van der Waals surface area contributed by atoms with E-state index < -0.39 is 0 Å². The first-order valence-electron chi connectivity index (χ1n) is 6.52. The van der Waals surface area contributed by atoms with Crippen LogP contribution in [0.25, 0.3) is 0 Å². The van der Waals surface area contributed by atoms with Gasteiger partial charge in [0.05, 0.1) is 6.54 Å². The van der Waals surface area contributed by atoms with Gasteiger partial charge in [0.1, 0.15) is 0 Å². The summed E-state index contributed by atoms with van der Waals surface area (Å²) in [5.74, 6) is 0.384. The molecule has 18 heavy (non-hydrogen) atoms. The highest BCUT2D eigenvalue weighted by atomic mass is 32.1. The minimum Gasteiger partial charge on any atom is -0.351 e. The van der Waals surface area contributed by atoms with Crippen LogP contribution < -0.4 is 11.1 Å². The van der Waals surface area contributed by atoms with E-state index >= 15 is 0 Å². The quantitative estimate of drug-likeness (QED) is 0.838. The van der Waals surface area contributed by atoms with Crippen LogP contribution in [-0.4, -0.2) is 37.0 Å². The van der Waals surface area contributed by atoms with Gasteiger partial charge in [0.2, 0.25) is 5.91 Å². The lowest BCUT2D eigenvalue weighted by molar-refractivity contribution is -0.126. The molecule has 1 aromatic rings. The Bertz CT molecular complexity index is 358. The van der Waals surface area contributed by atoms with Crippen molar-refractivity contribution in [3.05, 3.63) is 22.4 Å². The Kier molecular flexibility index (Phi) is 5.16. The number of piperidine rings is 1. The number of thiophene rings is 1. The van der Waals surface area contributed by atoms with E-state index in [-0.39, 0.29) is 11.8 Å². The Morgan fingerprint density at radius 2 is 2.28 bits per heavy atom. The SMILES string of the molecule is NCCN1CCC(C(=O)NCc2cccs2)CC1. The van der Waals surface area contributed by atoms with Crippen molar-refractivity contribution in [2.45, 2.75) is 19.4 Å². The Morgan fingerprint density at radius 1 is 1.50 bits per heavy atom. The molecule has 1 aliphatic heterocycles. The number of carbonyl (C=O) groups excluding carboxylic acids is 1. The summed E-state index contributed by atoms with van der Waals surface area (Å²) >= 11 is 1.68. The lowest BCUT2D eigenvalue weighted by Crippen LogP contribution is -2.41. The summed E-state index contributed by atoms with van der Waals surface area (Å²) < 4.78 is 0. The zero-order chi connectivity index (χ0) is 12.8. The average molecular weight is 267 g/mol. The van der Waals surface area contributed by atoms with E-state index in [1.165, 1.54) is 4.88 Å². The maximum absolute atomic E-state index is 12.0. The number of hydrogen-bond donors (Lipinski definition) is 2. The van der Waals surface area contributed by atoms with Gasteiger partial charge < -0.3 is 16.0 Å². The molecule has 0 radical (unpaired) electrons. The lowest BCUT2D eigenvalue weighted by atomic mass is 9.96. The molecule has 0 spiro atoms. The minimum absolute atomic E-state index is 0.180. The largest absolute Gasteiger partial charge is 0.351 e. The van der Waals surface area contributed by atoms with Crippen molar-refractivity contribution in [3.63, 3.8) is 0 Å². The van der Waals surface area contributed by atoms with Crippen LogP contribution in [0.15, 0.2) is 17.5 Å². The summed E-state index contributed by atoms with van der Waals surface area (Å²) in [6, 6.07) is 4.06. The molecule has 0 aromatic carbocycles. The fourth-order valence-corrected chi connectivity index (χ4v) is 2.98. The fourth-order valence-electron chi connectivity index (χ4n) is 2.33. The normalized spacial score (nSPS) is 17.8. The van der Waals surface area contributed by atoms with Crippen molar-refractivity contribution in [2.75, 3.05) is 26.2 Å². The molecule has 1 aromatic heterocycles. The van der Waals surface area contributed by atoms with Gasteiger partial charge in [-0.3, -0.25) is 4.79 Å². The van der Waals surface area contributed by atoms with E-state index in [1.807, 2.05) is 11.4 Å². The number of rotatable bonds is 5. The Balaban J connectivity index is 1.70. The highest BCUT2D eigenvalue weighted by Crippen LogP contribution is 2.17.